The number of aryl methyl sites for hydroxylation is 2. The molecule has 1 atom stereocenters. The van der Waals surface area contributed by atoms with Crippen LogP contribution in [0.25, 0.3) is 0 Å². The van der Waals surface area contributed by atoms with E-state index in [9.17, 15) is 0 Å². The summed E-state index contributed by atoms with van der Waals surface area (Å²) in [7, 11) is 0. The Morgan fingerprint density at radius 2 is 2.00 bits per heavy atom. The predicted molar refractivity (Wildman–Crippen MR) is 83.4 cm³/mol. The van der Waals surface area contributed by atoms with Gasteiger partial charge in [0.1, 0.15) is 5.75 Å². The standard InChI is InChI=1S/C19H22O/c1-2-15-6-5-8-18(14-15)20-13-12-17-11-10-16-7-3-4-9-19(16)17/h3-9,14,17H,2,10-13H2,1H3. The summed E-state index contributed by atoms with van der Waals surface area (Å²) in [6, 6.07) is 17.3. The van der Waals surface area contributed by atoms with E-state index in [4.69, 9.17) is 4.74 Å². The zero-order valence-corrected chi connectivity index (χ0v) is 12.1. The van der Waals surface area contributed by atoms with E-state index >= 15 is 0 Å². The number of fused-ring (bicyclic) bond motifs is 1. The van der Waals surface area contributed by atoms with Gasteiger partial charge in [-0.3, -0.25) is 0 Å². The third-order valence-electron chi connectivity index (χ3n) is 4.30. The smallest absolute Gasteiger partial charge is 0.119 e. The first-order chi connectivity index (χ1) is 9.86. The highest BCUT2D eigenvalue weighted by Crippen LogP contribution is 2.35. The first-order valence-electron chi connectivity index (χ1n) is 7.66. The molecule has 2 aromatic rings. The summed E-state index contributed by atoms with van der Waals surface area (Å²) in [5.41, 5.74) is 4.41. The highest BCUT2D eigenvalue weighted by molar-refractivity contribution is 5.34. The fourth-order valence-corrected chi connectivity index (χ4v) is 3.12. The zero-order valence-electron chi connectivity index (χ0n) is 12.1. The predicted octanol–water partition coefficient (Wildman–Crippen LogP) is 4.75. The van der Waals surface area contributed by atoms with E-state index in [0.717, 1.165) is 25.2 Å². The van der Waals surface area contributed by atoms with E-state index in [2.05, 4.69) is 55.5 Å². The van der Waals surface area contributed by atoms with Crippen LogP contribution >= 0.6 is 0 Å². The first kappa shape index (κ1) is 13.2. The summed E-state index contributed by atoms with van der Waals surface area (Å²) in [5, 5.41) is 0. The van der Waals surface area contributed by atoms with Crippen molar-refractivity contribution in [3.8, 4) is 5.75 Å². The van der Waals surface area contributed by atoms with Gasteiger partial charge in [-0.05, 0) is 60.4 Å². The van der Waals surface area contributed by atoms with E-state index in [1.165, 1.54) is 24.0 Å². The van der Waals surface area contributed by atoms with Crippen molar-refractivity contribution in [1.82, 2.24) is 0 Å². The first-order valence-corrected chi connectivity index (χ1v) is 7.66. The van der Waals surface area contributed by atoms with Crippen molar-refractivity contribution in [2.45, 2.75) is 38.5 Å². The molecule has 0 spiro atoms. The van der Waals surface area contributed by atoms with Crippen molar-refractivity contribution in [3.05, 3.63) is 65.2 Å². The Hall–Kier alpha value is -1.76. The van der Waals surface area contributed by atoms with Crippen LogP contribution in [-0.2, 0) is 12.8 Å². The summed E-state index contributed by atoms with van der Waals surface area (Å²) in [6.07, 6.45) is 4.68. The van der Waals surface area contributed by atoms with Gasteiger partial charge in [-0.2, -0.15) is 0 Å². The highest BCUT2D eigenvalue weighted by Gasteiger charge is 2.21. The minimum absolute atomic E-state index is 0.681. The normalized spacial score (nSPS) is 16.9. The van der Waals surface area contributed by atoms with Crippen LogP contribution in [0.1, 0.15) is 42.4 Å². The summed E-state index contributed by atoms with van der Waals surface area (Å²) in [4.78, 5) is 0. The largest absolute Gasteiger partial charge is 0.494 e. The average Bonchev–Trinajstić information content (AvgIpc) is 2.91. The van der Waals surface area contributed by atoms with Gasteiger partial charge >= 0.3 is 0 Å². The van der Waals surface area contributed by atoms with Gasteiger partial charge < -0.3 is 4.74 Å². The lowest BCUT2D eigenvalue weighted by Crippen LogP contribution is -2.03. The Balaban J connectivity index is 1.56. The van der Waals surface area contributed by atoms with Crippen LogP contribution in [0.15, 0.2) is 48.5 Å². The second kappa shape index (κ2) is 6.13. The van der Waals surface area contributed by atoms with Gasteiger partial charge in [-0.15, -0.1) is 0 Å². The molecule has 0 saturated carbocycles. The third-order valence-corrected chi connectivity index (χ3v) is 4.30. The number of ether oxygens (including phenoxy) is 1. The molecule has 0 N–H and O–H groups in total. The molecular weight excluding hydrogens is 244 g/mol. The Kier molecular flexibility index (Phi) is 4.05. The second-order valence-corrected chi connectivity index (χ2v) is 5.57. The topological polar surface area (TPSA) is 9.23 Å². The van der Waals surface area contributed by atoms with Crippen molar-refractivity contribution >= 4 is 0 Å². The maximum Gasteiger partial charge on any atom is 0.119 e. The molecule has 104 valence electrons. The number of hydrogen-bond acceptors (Lipinski definition) is 1. The number of rotatable bonds is 5. The van der Waals surface area contributed by atoms with Crippen LogP contribution in [0.3, 0.4) is 0 Å². The lowest BCUT2D eigenvalue weighted by molar-refractivity contribution is 0.297. The number of hydrogen-bond donors (Lipinski definition) is 0. The molecule has 0 fully saturated rings. The van der Waals surface area contributed by atoms with Crippen LogP contribution < -0.4 is 4.74 Å². The lowest BCUT2D eigenvalue weighted by atomic mass is 9.98. The number of benzene rings is 2. The highest BCUT2D eigenvalue weighted by atomic mass is 16.5. The Bertz CT molecular complexity index is 573. The lowest BCUT2D eigenvalue weighted by Gasteiger charge is -2.13. The molecule has 1 aliphatic carbocycles. The Morgan fingerprint density at radius 1 is 1.10 bits per heavy atom. The van der Waals surface area contributed by atoms with E-state index < -0.39 is 0 Å². The van der Waals surface area contributed by atoms with Gasteiger partial charge in [0.2, 0.25) is 0 Å². The van der Waals surface area contributed by atoms with Crippen LogP contribution in [0.2, 0.25) is 0 Å². The van der Waals surface area contributed by atoms with Gasteiger partial charge in [0.15, 0.2) is 0 Å². The minimum Gasteiger partial charge on any atom is -0.494 e. The van der Waals surface area contributed by atoms with Gasteiger partial charge in [-0.1, -0.05) is 43.3 Å². The summed E-state index contributed by atoms with van der Waals surface area (Å²) in [5.74, 6) is 1.69. The maximum atomic E-state index is 5.93. The molecule has 1 aliphatic rings. The van der Waals surface area contributed by atoms with E-state index in [-0.39, 0.29) is 0 Å². The second-order valence-electron chi connectivity index (χ2n) is 5.57. The molecule has 0 saturated heterocycles. The summed E-state index contributed by atoms with van der Waals surface area (Å²) in [6.45, 7) is 2.99. The molecule has 3 rings (SSSR count). The Labute approximate surface area is 121 Å². The SMILES string of the molecule is CCc1cccc(OCCC2CCc3ccccc32)c1. The molecule has 0 radical (unpaired) electrons. The molecular formula is C19H22O. The molecule has 1 heteroatoms. The zero-order chi connectivity index (χ0) is 13.8. The fraction of sp³-hybridized carbons (Fsp3) is 0.368. The fourth-order valence-electron chi connectivity index (χ4n) is 3.12. The van der Waals surface area contributed by atoms with Crippen LogP contribution in [0.4, 0.5) is 0 Å². The van der Waals surface area contributed by atoms with Gasteiger partial charge in [0.25, 0.3) is 0 Å². The summed E-state index contributed by atoms with van der Waals surface area (Å²) < 4.78 is 5.93. The average molecular weight is 266 g/mol. The molecule has 1 unspecified atom stereocenters. The molecule has 2 aromatic carbocycles. The van der Waals surface area contributed by atoms with Crippen molar-refractivity contribution in [1.29, 1.82) is 0 Å². The van der Waals surface area contributed by atoms with Crippen molar-refractivity contribution in [2.24, 2.45) is 0 Å². The van der Waals surface area contributed by atoms with E-state index in [1.807, 2.05) is 0 Å². The van der Waals surface area contributed by atoms with Crippen LogP contribution in [-0.4, -0.2) is 6.61 Å². The molecule has 0 aromatic heterocycles. The Morgan fingerprint density at radius 3 is 2.90 bits per heavy atom. The van der Waals surface area contributed by atoms with E-state index in [1.54, 1.807) is 5.56 Å². The molecule has 0 aliphatic heterocycles. The van der Waals surface area contributed by atoms with E-state index in [0.29, 0.717) is 5.92 Å². The molecule has 0 bridgehead atoms. The molecule has 0 amide bonds. The van der Waals surface area contributed by atoms with Crippen molar-refractivity contribution < 1.29 is 4.74 Å². The quantitative estimate of drug-likeness (QED) is 0.759. The maximum absolute atomic E-state index is 5.93. The molecule has 0 heterocycles. The van der Waals surface area contributed by atoms with Crippen molar-refractivity contribution in [3.63, 3.8) is 0 Å². The van der Waals surface area contributed by atoms with Crippen LogP contribution in [0, 0.1) is 0 Å². The van der Waals surface area contributed by atoms with Crippen molar-refractivity contribution in [2.75, 3.05) is 6.61 Å². The molecule has 20 heavy (non-hydrogen) atoms. The van der Waals surface area contributed by atoms with Gasteiger partial charge in [-0.25, -0.2) is 0 Å². The summed E-state index contributed by atoms with van der Waals surface area (Å²) >= 11 is 0. The monoisotopic (exact) mass is 266 g/mol. The molecule has 1 nitrogen and oxygen atoms in total. The van der Waals surface area contributed by atoms with Gasteiger partial charge in [0, 0.05) is 0 Å². The van der Waals surface area contributed by atoms with Gasteiger partial charge in [0.05, 0.1) is 6.61 Å². The third kappa shape index (κ3) is 2.87. The van der Waals surface area contributed by atoms with Crippen LogP contribution in [0.5, 0.6) is 5.75 Å². The minimum atomic E-state index is 0.681.